The van der Waals surface area contributed by atoms with E-state index in [-0.39, 0.29) is 5.78 Å². The van der Waals surface area contributed by atoms with Crippen LogP contribution in [0.5, 0.6) is 0 Å². The summed E-state index contributed by atoms with van der Waals surface area (Å²) in [6.45, 7) is 9.20. The maximum Gasteiger partial charge on any atom is 0.143 e. The lowest BCUT2D eigenvalue weighted by Gasteiger charge is -2.33. The van der Waals surface area contributed by atoms with Gasteiger partial charge >= 0.3 is 0 Å². The molecule has 17 heavy (non-hydrogen) atoms. The molecule has 0 aliphatic heterocycles. The second kappa shape index (κ2) is 4.24. The molecule has 0 spiro atoms. The van der Waals surface area contributed by atoms with E-state index >= 15 is 0 Å². The normalized spacial score (nSPS) is 23.0. The Kier molecular flexibility index (Phi) is 3.59. The van der Waals surface area contributed by atoms with Crippen molar-refractivity contribution < 1.29 is 15.0 Å². The number of ketones is 1. The third-order valence-corrected chi connectivity index (χ3v) is 4.40. The van der Waals surface area contributed by atoms with Crippen molar-refractivity contribution in [2.24, 2.45) is 5.41 Å². The van der Waals surface area contributed by atoms with Gasteiger partial charge in [-0.2, -0.15) is 0 Å². The molecule has 0 amide bonds. The number of rotatable bonds is 3. The molecular formula is C13H22O3Si. The van der Waals surface area contributed by atoms with Crippen LogP contribution in [0.1, 0.15) is 26.7 Å². The van der Waals surface area contributed by atoms with Crippen LogP contribution in [0.15, 0.2) is 0 Å². The maximum absolute atomic E-state index is 11.6. The van der Waals surface area contributed by atoms with Crippen LogP contribution in [0.4, 0.5) is 0 Å². The van der Waals surface area contributed by atoms with Gasteiger partial charge in [0, 0.05) is 0 Å². The van der Waals surface area contributed by atoms with Crippen molar-refractivity contribution in [3.05, 3.63) is 0 Å². The van der Waals surface area contributed by atoms with Crippen LogP contribution in [-0.2, 0) is 4.79 Å². The summed E-state index contributed by atoms with van der Waals surface area (Å²) in [7, 11) is -1.58. The standard InChI is InChI=1S/C13H22O3Si/c1-10(14)13(7-8-13)12(2,16)11(15)6-9-17(3,4)5/h11,15-16H,7-8H2,1-5H3/t11-,12+/m0/s1. The quantitative estimate of drug-likeness (QED) is 0.590. The summed E-state index contributed by atoms with van der Waals surface area (Å²) >= 11 is 0. The minimum atomic E-state index is -1.58. The largest absolute Gasteiger partial charge is 0.385 e. The Morgan fingerprint density at radius 2 is 1.88 bits per heavy atom. The maximum atomic E-state index is 11.6. The molecule has 0 radical (unpaired) electrons. The Morgan fingerprint density at radius 3 is 2.18 bits per heavy atom. The second-order valence-electron chi connectivity index (χ2n) is 6.21. The minimum Gasteiger partial charge on any atom is -0.385 e. The molecule has 0 aromatic rings. The molecule has 0 bridgehead atoms. The second-order valence-corrected chi connectivity index (χ2v) is 11.0. The first-order valence-electron chi connectivity index (χ1n) is 5.97. The Balaban J connectivity index is 2.91. The third-order valence-electron chi connectivity index (χ3n) is 3.51. The van der Waals surface area contributed by atoms with Crippen LogP contribution in [-0.4, -0.2) is 35.8 Å². The average molecular weight is 254 g/mol. The van der Waals surface area contributed by atoms with Crippen LogP contribution in [0.25, 0.3) is 0 Å². The van der Waals surface area contributed by atoms with Gasteiger partial charge in [0.25, 0.3) is 0 Å². The lowest BCUT2D eigenvalue weighted by atomic mass is 9.79. The van der Waals surface area contributed by atoms with E-state index in [1.165, 1.54) is 13.8 Å². The smallest absolute Gasteiger partial charge is 0.143 e. The Bertz CT molecular complexity index is 378. The molecule has 4 heteroatoms. The highest BCUT2D eigenvalue weighted by Gasteiger charge is 2.62. The van der Waals surface area contributed by atoms with Crippen LogP contribution >= 0.6 is 0 Å². The van der Waals surface area contributed by atoms with Gasteiger partial charge in [-0.3, -0.25) is 4.79 Å². The summed E-state index contributed by atoms with van der Waals surface area (Å²) < 4.78 is 0. The van der Waals surface area contributed by atoms with E-state index in [4.69, 9.17) is 0 Å². The van der Waals surface area contributed by atoms with Gasteiger partial charge in [0.1, 0.15) is 25.6 Å². The molecule has 2 N–H and O–H groups in total. The molecule has 0 saturated heterocycles. The van der Waals surface area contributed by atoms with Crippen LogP contribution < -0.4 is 0 Å². The zero-order valence-electron chi connectivity index (χ0n) is 11.3. The molecule has 1 rings (SSSR count). The van der Waals surface area contributed by atoms with Crippen molar-refractivity contribution in [3.63, 3.8) is 0 Å². The first-order chi connectivity index (χ1) is 7.53. The van der Waals surface area contributed by atoms with Crippen molar-refractivity contribution >= 4 is 13.9 Å². The molecule has 3 nitrogen and oxygen atoms in total. The van der Waals surface area contributed by atoms with E-state index in [9.17, 15) is 15.0 Å². The summed E-state index contributed by atoms with van der Waals surface area (Å²) in [5.74, 6) is 2.67. The molecule has 2 atom stereocenters. The van der Waals surface area contributed by atoms with Gasteiger partial charge in [0.05, 0.1) is 5.41 Å². The van der Waals surface area contributed by atoms with Gasteiger partial charge < -0.3 is 10.2 Å². The molecule has 1 saturated carbocycles. The number of aliphatic hydroxyl groups is 2. The molecule has 96 valence electrons. The van der Waals surface area contributed by atoms with Gasteiger partial charge in [-0.05, 0) is 26.7 Å². The Morgan fingerprint density at radius 1 is 1.41 bits per heavy atom. The van der Waals surface area contributed by atoms with E-state index < -0.39 is 25.2 Å². The molecule has 0 unspecified atom stereocenters. The average Bonchev–Trinajstić information content (AvgIpc) is 2.93. The van der Waals surface area contributed by atoms with Crippen LogP contribution in [0.3, 0.4) is 0 Å². The van der Waals surface area contributed by atoms with E-state index in [1.807, 2.05) is 0 Å². The number of aliphatic hydroxyl groups excluding tert-OH is 1. The lowest BCUT2D eigenvalue weighted by Crippen LogP contribution is -2.50. The van der Waals surface area contributed by atoms with Gasteiger partial charge in [-0.1, -0.05) is 25.6 Å². The van der Waals surface area contributed by atoms with Crippen molar-refractivity contribution in [2.45, 2.75) is 58.0 Å². The molecule has 1 fully saturated rings. The van der Waals surface area contributed by atoms with Gasteiger partial charge in [-0.15, -0.1) is 5.54 Å². The van der Waals surface area contributed by atoms with E-state index in [0.717, 1.165) is 0 Å². The first-order valence-corrected chi connectivity index (χ1v) is 9.47. The van der Waals surface area contributed by atoms with Crippen LogP contribution in [0, 0.1) is 16.9 Å². The summed E-state index contributed by atoms with van der Waals surface area (Å²) in [4.78, 5) is 11.6. The van der Waals surface area contributed by atoms with Crippen molar-refractivity contribution in [1.29, 1.82) is 0 Å². The van der Waals surface area contributed by atoms with Gasteiger partial charge in [0.15, 0.2) is 0 Å². The monoisotopic (exact) mass is 254 g/mol. The van der Waals surface area contributed by atoms with E-state index in [0.29, 0.717) is 12.8 Å². The SMILES string of the molecule is CC(=O)C1([C@](C)(O)[C@@H](O)C#C[Si](C)(C)C)CC1. The summed E-state index contributed by atoms with van der Waals surface area (Å²) in [6, 6.07) is 0. The Labute approximate surface area is 104 Å². The van der Waals surface area contributed by atoms with E-state index in [1.54, 1.807) is 0 Å². The summed E-state index contributed by atoms with van der Waals surface area (Å²) in [6.07, 6.45) is 0.128. The number of carbonyl (C=O) groups is 1. The lowest BCUT2D eigenvalue weighted by molar-refractivity contribution is -0.141. The summed E-state index contributed by atoms with van der Waals surface area (Å²) in [5.41, 5.74) is 0.818. The fraction of sp³-hybridized carbons (Fsp3) is 0.769. The highest BCUT2D eigenvalue weighted by molar-refractivity contribution is 6.83. The topological polar surface area (TPSA) is 57.5 Å². The number of hydrogen-bond donors (Lipinski definition) is 2. The first kappa shape index (κ1) is 14.4. The number of carbonyl (C=O) groups excluding carboxylic acids is 1. The summed E-state index contributed by atoms with van der Waals surface area (Å²) in [5, 5.41) is 20.4. The van der Waals surface area contributed by atoms with Crippen molar-refractivity contribution in [1.82, 2.24) is 0 Å². The van der Waals surface area contributed by atoms with Gasteiger partial charge in [0.2, 0.25) is 0 Å². The molecule has 0 aromatic heterocycles. The molecule has 1 aliphatic rings. The minimum absolute atomic E-state index is 0.0589. The zero-order chi connectivity index (χ0) is 13.5. The van der Waals surface area contributed by atoms with E-state index in [2.05, 4.69) is 31.1 Å². The predicted octanol–water partition coefficient (Wildman–Crippen LogP) is 1.35. The molecule has 0 aromatic carbocycles. The molecule has 0 heterocycles. The fourth-order valence-corrected chi connectivity index (χ4v) is 2.60. The van der Waals surface area contributed by atoms with Crippen molar-refractivity contribution in [3.8, 4) is 11.5 Å². The number of Topliss-reactive ketones (excluding diaryl/α,β-unsaturated/α-hetero) is 1. The number of hydrogen-bond acceptors (Lipinski definition) is 3. The zero-order valence-corrected chi connectivity index (χ0v) is 12.3. The molecule has 1 aliphatic carbocycles. The highest BCUT2D eigenvalue weighted by Crippen LogP contribution is 2.55. The Hall–Kier alpha value is -0.633. The molecular weight excluding hydrogens is 232 g/mol. The van der Waals surface area contributed by atoms with Crippen molar-refractivity contribution in [2.75, 3.05) is 0 Å². The highest BCUT2D eigenvalue weighted by atomic mass is 28.3. The third kappa shape index (κ3) is 2.79. The van der Waals surface area contributed by atoms with Crippen LogP contribution in [0.2, 0.25) is 19.6 Å². The fourth-order valence-electron chi connectivity index (χ4n) is 2.03. The van der Waals surface area contributed by atoms with Gasteiger partial charge in [-0.25, -0.2) is 0 Å². The predicted molar refractivity (Wildman–Crippen MR) is 70.1 cm³/mol.